The van der Waals surface area contributed by atoms with Crippen LogP contribution in [-0.4, -0.2) is 18.7 Å². The monoisotopic (exact) mass is 308 g/mol. The molecule has 1 N–H and O–H groups in total. The first kappa shape index (κ1) is 11.4. The van der Waals surface area contributed by atoms with Crippen molar-refractivity contribution in [2.24, 2.45) is 0 Å². The van der Waals surface area contributed by atoms with Crippen molar-refractivity contribution in [3.63, 3.8) is 0 Å². The maximum atomic E-state index is 9.79. The third kappa shape index (κ3) is 9.78. The van der Waals surface area contributed by atoms with Gasteiger partial charge in [0.2, 0.25) is 0 Å². The molecule has 0 aliphatic heterocycles. The van der Waals surface area contributed by atoms with Gasteiger partial charge in [-0.3, -0.25) is 4.55 Å². The molecule has 0 bridgehead atoms. The second-order valence-corrected chi connectivity index (χ2v) is 2.86. The first-order valence-electron chi connectivity index (χ1n) is 2.01. The predicted molar refractivity (Wildman–Crippen MR) is 26.7 cm³/mol. The summed E-state index contributed by atoms with van der Waals surface area (Å²) >= 11 is 0. The Bertz CT molecular complexity index is 127. The predicted octanol–water partition coefficient (Wildman–Crippen LogP) is 0.282. The van der Waals surface area contributed by atoms with Crippen molar-refractivity contribution in [2.75, 3.05) is 5.75 Å². The zero-order valence-electron chi connectivity index (χ0n) is 4.49. The molecular weight excluding hydrogens is 300 g/mol. The molecule has 0 aliphatic rings. The summed E-state index contributed by atoms with van der Waals surface area (Å²) in [6, 6.07) is 0. The Morgan fingerprint density at radius 2 is 1.88 bits per heavy atom. The van der Waals surface area contributed by atoms with Crippen LogP contribution in [0.25, 0.3) is 0 Å². The van der Waals surface area contributed by atoms with E-state index in [1.165, 1.54) is 0 Å². The van der Waals surface area contributed by atoms with Crippen molar-refractivity contribution in [3.8, 4) is 0 Å². The molecule has 0 aliphatic carbocycles. The van der Waals surface area contributed by atoms with E-state index in [0.717, 1.165) is 0 Å². The van der Waals surface area contributed by atoms with Crippen LogP contribution in [0.3, 0.4) is 0 Å². The average molecular weight is 308 g/mol. The van der Waals surface area contributed by atoms with Crippen molar-refractivity contribution in [3.05, 3.63) is 0 Å². The molecule has 0 amide bonds. The molecule has 0 unspecified atom stereocenters. The molecule has 0 aromatic heterocycles. The molecule has 5 heteroatoms. The van der Waals surface area contributed by atoms with Crippen LogP contribution < -0.4 is 0 Å². The van der Waals surface area contributed by atoms with Crippen molar-refractivity contribution >= 4 is 10.1 Å². The van der Waals surface area contributed by atoms with Gasteiger partial charge in [-0.15, -0.1) is 0 Å². The van der Waals surface area contributed by atoms with E-state index in [-0.39, 0.29) is 26.8 Å². The van der Waals surface area contributed by atoms with Gasteiger partial charge in [0.15, 0.2) is 0 Å². The van der Waals surface area contributed by atoms with Crippen LogP contribution in [0.2, 0.25) is 0 Å². The molecule has 0 atom stereocenters. The normalized spacial score (nSPS) is 10.2. The van der Waals surface area contributed by atoms with Crippen LogP contribution in [0.5, 0.6) is 0 Å². The smallest absolute Gasteiger partial charge is 0.264 e. The summed E-state index contributed by atoms with van der Waals surface area (Å²) in [5.74, 6) is -0.132. The second-order valence-electron chi connectivity index (χ2n) is 1.29. The topological polar surface area (TPSA) is 54.4 Å². The summed E-state index contributed by atoms with van der Waals surface area (Å²) in [6.45, 7) is 1.69. The second kappa shape index (κ2) is 4.47. The molecular formula is C3H8O3SW. The Balaban J connectivity index is 0. The molecule has 0 spiro atoms. The average Bonchev–Trinajstić information content (AvgIpc) is 1.30. The molecule has 0 fully saturated rings. The third-order valence-corrected chi connectivity index (χ3v) is 1.39. The minimum Gasteiger partial charge on any atom is -0.286 e. The van der Waals surface area contributed by atoms with Crippen molar-refractivity contribution in [2.45, 2.75) is 13.3 Å². The van der Waals surface area contributed by atoms with Crippen LogP contribution >= 0.6 is 0 Å². The molecule has 0 radical (unpaired) electrons. The number of hydrogen-bond acceptors (Lipinski definition) is 2. The van der Waals surface area contributed by atoms with Crippen LogP contribution in [0, 0.1) is 0 Å². The molecule has 0 aromatic rings. The fourth-order valence-corrected chi connectivity index (χ4v) is 0.774. The van der Waals surface area contributed by atoms with Crippen LogP contribution in [0.15, 0.2) is 0 Å². The summed E-state index contributed by atoms with van der Waals surface area (Å²) in [5, 5.41) is 0. The Hall–Kier alpha value is 0.598. The van der Waals surface area contributed by atoms with Gasteiger partial charge >= 0.3 is 0 Å². The molecule has 0 saturated heterocycles. The Labute approximate surface area is 63.5 Å². The fraction of sp³-hybridized carbons (Fsp3) is 1.00. The molecule has 3 nitrogen and oxygen atoms in total. The van der Waals surface area contributed by atoms with Gasteiger partial charge in [-0.25, -0.2) is 0 Å². The Morgan fingerprint density at radius 1 is 1.50 bits per heavy atom. The molecule has 0 aromatic carbocycles. The van der Waals surface area contributed by atoms with Crippen molar-refractivity contribution in [1.29, 1.82) is 0 Å². The SMILES string of the molecule is CCCS(=O)(=O)O.[W]. The molecule has 50 valence electrons. The van der Waals surface area contributed by atoms with E-state index in [1.54, 1.807) is 6.92 Å². The molecule has 0 saturated carbocycles. The summed E-state index contributed by atoms with van der Waals surface area (Å²) < 4.78 is 27.6. The number of rotatable bonds is 2. The zero-order valence-corrected chi connectivity index (χ0v) is 8.24. The van der Waals surface area contributed by atoms with Crippen molar-refractivity contribution in [1.82, 2.24) is 0 Å². The van der Waals surface area contributed by atoms with E-state index in [0.29, 0.717) is 6.42 Å². The Kier molecular flexibility index (Phi) is 6.38. The van der Waals surface area contributed by atoms with Gasteiger partial charge in [-0.05, 0) is 6.42 Å². The summed E-state index contributed by atoms with van der Waals surface area (Å²) in [4.78, 5) is 0. The van der Waals surface area contributed by atoms with E-state index >= 15 is 0 Å². The first-order valence-corrected chi connectivity index (χ1v) is 3.62. The van der Waals surface area contributed by atoms with E-state index < -0.39 is 10.1 Å². The maximum Gasteiger partial charge on any atom is 0.264 e. The van der Waals surface area contributed by atoms with Gasteiger partial charge in [0, 0.05) is 21.1 Å². The molecule has 8 heavy (non-hydrogen) atoms. The minimum atomic E-state index is -3.67. The van der Waals surface area contributed by atoms with E-state index in [2.05, 4.69) is 0 Å². The van der Waals surface area contributed by atoms with E-state index in [1.807, 2.05) is 0 Å². The number of hydrogen-bond donors (Lipinski definition) is 1. The van der Waals surface area contributed by atoms with Gasteiger partial charge < -0.3 is 0 Å². The van der Waals surface area contributed by atoms with Crippen LogP contribution in [0.4, 0.5) is 0 Å². The standard InChI is InChI=1S/C3H8O3S.W/c1-2-3-7(4,5)6;/h2-3H2,1H3,(H,4,5,6);. The fourth-order valence-electron chi connectivity index (χ4n) is 0.258. The van der Waals surface area contributed by atoms with Gasteiger partial charge in [0.05, 0.1) is 5.75 Å². The van der Waals surface area contributed by atoms with Gasteiger partial charge in [0.1, 0.15) is 0 Å². The third-order valence-electron chi connectivity index (χ3n) is 0.462. The van der Waals surface area contributed by atoms with Crippen molar-refractivity contribution < 1.29 is 34.0 Å². The van der Waals surface area contributed by atoms with Gasteiger partial charge in [-0.2, -0.15) is 8.42 Å². The van der Waals surface area contributed by atoms with Gasteiger partial charge in [0.25, 0.3) is 10.1 Å². The van der Waals surface area contributed by atoms with E-state index in [4.69, 9.17) is 4.55 Å². The Morgan fingerprint density at radius 3 is 1.88 bits per heavy atom. The molecule has 0 rings (SSSR count). The minimum absolute atomic E-state index is 0. The summed E-state index contributed by atoms with van der Waals surface area (Å²) in [5.41, 5.74) is 0. The molecule has 0 heterocycles. The largest absolute Gasteiger partial charge is 0.286 e. The quantitative estimate of drug-likeness (QED) is 0.746. The van der Waals surface area contributed by atoms with Crippen LogP contribution in [-0.2, 0) is 31.2 Å². The summed E-state index contributed by atoms with van der Waals surface area (Å²) in [7, 11) is -3.67. The first-order chi connectivity index (χ1) is 3.06. The zero-order chi connectivity index (χ0) is 5.91. The maximum absolute atomic E-state index is 9.79. The van der Waals surface area contributed by atoms with E-state index in [9.17, 15) is 8.42 Å². The van der Waals surface area contributed by atoms with Crippen LogP contribution in [0.1, 0.15) is 13.3 Å². The summed E-state index contributed by atoms with van der Waals surface area (Å²) in [6.07, 6.45) is 0.471. The van der Waals surface area contributed by atoms with Gasteiger partial charge in [-0.1, -0.05) is 6.92 Å².